The van der Waals surface area contributed by atoms with Crippen LogP contribution in [0, 0.1) is 0 Å². The average Bonchev–Trinajstić information content (AvgIpc) is 2.05. The van der Waals surface area contributed by atoms with Crippen molar-refractivity contribution in [1.82, 2.24) is 0 Å². The molecule has 3 heteroatoms. The van der Waals surface area contributed by atoms with Gasteiger partial charge in [-0.15, -0.1) is 0 Å². The quantitative estimate of drug-likeness (QED) is 0.586. The van der Waals surface area contributed by atoms with E-state index in [-0.39, 0.29) is 6.42 Å². The lowest BCUT2D eigenvalue weighted by molar-refractivity contribution is -0.0608. The summed E-state index contributed by atoms with van der Waals surface area (Å²) < 4.78 is 0. The first-order chi connectivity index (χ1) is 6.02. The second-order valence-electron chi connectivity index (χ2n) is 3.33. The first kappa shape index (κ1) is 10.2. The van der Waals surface area contributed by atoms with Gasteiger partial charge in [-0.3, -0.25) is 0 Å². The summed E-state index contributed by atoms with van der Waals surface area (Å²) in [6, 6.07) is 9.35. The predicted octanol–water partition coefficient (Wildman–Crippen LogP) is 0.257. The van der Waals surface area contributed by atoms with Crippen molar-refractivity contribution in [2.24, 2.45) is 5.73 Å². The van der Waals surface area contributed by atoms with Crippen LogP contribution in [0.15, 0.2) is 30.3 Å². The van der Waals surface area contributed by atoms with Gasteiger partial charge in [0.25, 0.3) is 0 Å². The van der Waals surface area contributed by atoms with Gasteiger partial charge in [0.15, 0.2) is 0 Å². The molecule has 0 spiro atoms. The molecular weight excluding hydrogens is 166 g/mol. The minimum absolute atomic E-state index is 0.255. The normalized spacial score (nSPS) is 17.8. The SMILES string of the molecule is CC(O)C(N)(O)Cc1ccccc1. The largest absolute Gasteiger partial charge is 0.389 e. The summed E-state index contributed by atoms with van der Waals surface area (Å²) in [6.07, 6.45) is -0.682. The third kappa shape index (κ3) is 2.81. The topological polar surface area (TPSA) is 66.5 Å². The summed E-state index contributed by atoms with van der Waals surface area (Å²) in [7, 11) is 0. The van der Waals surface area contributed by atoms with Gasteiger partial charge in [-0.2, -0.15) is 0 Å². The van der Waals surface area contributed by atoms with Gasteiger partial charge < -0.3 is 15.9 Å². The van der Waals surface area contributed by atoms with Crippen LogP contribution >= 0.6 is 0 Å². The number of benzene rings is 1. The van der Waals surface area contributed by atoms with Crippen LogP contribution < -0.4 is 5.73 Å². The molecule has 2 unspecified atom stereocenters. The highest BCUT2D eigenvalue weighted by molar-refractivity contribution is 5.16. The van der Waals surface area contributed by atoms with E-state index in [0.29, 0.717) is 0 Å². The molecule has 0 fully saturated rings. The molecule has 0 aliphatic carbocycles. The monoisotopic (exact) mass is 181 g/mol. The van der Waals surface area contributed by atoms with E-state index >= 15 is 0 Å². The highest BCUT2D eigenvalue weighted by Crippen LogP contribution is 2.11. The van der Waals surface area contributed by atoms with Crippen molar-refractivity contribution in [2.75, 3.05) is 0 Å². The third-order valence-corrected chi connectivity index (χ3v) is 2.05. The molecular formula is C10H15NO2. The van der Waals surface area contributed by atoms with E-state index in [1.54, 1.807) is 0 Å². The first-order valence-corrected chi connectivity index (χ1v) is 4.25. The fourth-order valence-electron chi connectivity index (χ4n) is 1.07. The van der Waals surface area contributed by atoms with Crippen LogP contribution in [0.4, 0.5) is 0 Å². The molecule has 0 aliphatic rings. The Morgan fingerprint density at radius 1 is 1.38 bits per heavy atom. The number of aliphatic hydroxyl groups is 2. The lowest BCUT2D eigenvalue weighted by Crippen LogP contribution is -2.51. The van der Waals surface area contributed by atoms with E-state index in [1.807, 2.05) is 30.3 Å². The van der Waals surface area contributed by atoms with Crippen LogP contribution in [0.5, 0.6) is 0 Å². The van der Waals surface area contributed by atoms with Gasteiger partial charge in [0.1, 0.15) is 5.72 Å². The fourth-order valence-corrected chi connectivity index (χ4v) is 1.07. The zero-order chi connectivity index (χ0) is 9.90. The zero-order valence-electron chi connectivity index (χ0n) is 7.64. The van der Waals surface area contributed by atoms with Crippen molar-refractivity contribution in [1.29, 1.82) is 0 Å². The van der Waals surface area contributed by atoms with Gasteiger partial charge in [0.05, 0.1) is 6.10 Å². The Kier molecular flexibility index (Phi) is 3.03. The van der Waals surface area contributed by atoms with E-state index in [1.165, 1.54) is 6.92 Å². The maximum absolute atomic E-state index is 9.57. The lowest BCUT2D eigenvalue weighted by Gasteiger charge is -2.26. The maximum Gasteiger partial charge on any atom is 0.143 e. The first-order valence-electron chi connectivity index (χ1n) is 4.25. The van der Waals surface area contributed by atoms with Crippen LogP contribution in [-0.2, 0) is 6.42 Å². The Bertz CT molecular complexity index is 257. The highest BCUT2D eigenvalue weighted by Gasteiger charge is 2.27. The van der Waals surface area contributed by atoms with E-state index < -0.39 is 11.8 Å². The molecule has 0 amide bonds. The summed E-state index contributed by atoms with van der Waals surface area (Å²) in [6.45, 7) is 1.48. The predicted molar refractivity (Wildman–Crippen MR) is 51.0 cm³/mol. The molecule has 0 saturated carbocycles. The van der Waals surface area contributed by atoms with Gasteiger partial charge in [0, 0.05) is 6.42 Å². The lowest BCUT2D eigenvalue weighted by atomic mass is 9.99. The summed E-state index contributed by atoms with van der Waals surface area (Å²) in [5.74, 6) is 0. The van der Waals surface area contributed by atoms with Crippen molar-refractivity contribution in [3.05, 3.63) is 35.9 Å². The Balaban J connectivity index is 2.69. The van der Waals surface area contributed by atoms with Crippen molar-refractivity contribution < 1.29 is 10.2 Å². The van der Waals surface area contributed by atoms with Gasteiger partial charge in [-0.1, -0.05) is 30.3 Å². The Labute approximate surface area is 77.8 Å². The highest BCUT2D eigenvalue weighted by atomic mass is 16.4. The van der Waals surface area contributed by atoms with E-state index in [0.717, 1.165) is 5.56 Å². The van der Waals surface area contributed by atoms with Gasteiger partial charge in [-0.25, -0.2) is 0 Å². The molecule has 72 valence electrons. The molecule has 4 N–H and O–H groups in total. The molecule has 0 bridgehead atoms. The molecule has 0 radical (unpaired) electrons. The number of hydrogen-bond donors (Lipinski definition) is 3. The van der Waals surface area contributed by atoms with Gasteiger partial charge >= 0.3 is 0 Å². The number of aliphatic hydroxyl groups excluding tert-OH is 1. The molecule has 1 rings (SSSR count). The van der Waals surface area contributed by atoms with Crippen molar-refractivity contribution >= 4 is 0 Å². The Morgan fingerprint density at radius 3 is 2.38 bits per heavy atom. The third-order valence-electron chi connectivity index (χ3n) is 2.05. The van der Waals surface area contributed by atoms with Crippen molar-refractivity contribution in [3.8, 4) is 0 Å². The average molecular weight is 181 g/mol. The molecule has 13 heavy (non-hydrogen) atoms. The van der Waals surface area contributed by atoms with Crippen LogP contribution in [0.1, 0.15) is 12.5 Å². The van der Waals surface area contributed by atoms with E-state index in [2.05, 4.69) is 0 Å². The van der Waals surface area contributed by atoms with Gasteiger partial charge in [-0.05, 0) is 12.5 Å². The smallest absolute Gasteiger partial charge is 0.143 e. The second-order valence-corrected chi connectivity index (χ2v) is 3.33. The Hall–Kier alpha value is -0.900. The summed E-state index contributed by atoms with van der Waals surface area (Å²) in [4.78, 5) is 0. The summed E-state index contributed by atoms with van der Waals surface area (Å²) in [5, 5.41) is 18.7. The fraction of sp³-hybridized carbons (Fsp3) is 0.400. The number of nitrogens with two attached hydrogens (primary N) is 1. The van der Waals surface area contributed by atoms with E-state index in [4.69, 9.17) is 10.8 Å². The molecule has 0 aliphatic heterocycles. The van der Waals surface area contributed by atoms with Gasteiger partial charge in [0.2, 0.25) is 0 Å². The molecule has 1 aromatic carbocycles. The standard InChI is InChI=1S/C10H15NO2/c1-8(12)10(11,13)7-9-5-3-2-4-6-9/h2-6,8,12-13H,7,11H2,1H3. The van der Waals surface area contributed by atoms with E-state index in [9.17, 15) is 5.11 Å². The minimum atomic E-state index is -1.54. The summed E-state index contributed by atoms with van der Waals surface area (Å²) in [5.41, 5.74) is 4.87. The van der Waals surface area contributed by atoms with Crippen molar-refractivity contribution in [2.45, 2.75) is 25.2 Å². The van der Waals surface area contributed by atoms with Crippen LogP contribution in [0.25, 0.3) is 0 Å². The molecule has 3 nitrogen and oxygen atoms in total. The minimum Gasteiger partial charge on any atom is -0.389 e. The molecule has 0 saturated heterocycles. The molecule has 0 aromatic heterocycles. The van der Waals surface area contributed by atoms with Crippen LogP contribution in [-0.4, -0.2) is 22.0 Å². The number of hydrogen-bond acceptors (Lipinski definition) is 3. The summed E-state index contributed by atoms with van der Waals surface area (Å²) >= 11 is 0. The Morgan fingerprint density at radius 2 is 1.92 bits per heavy atom. The second kappa shape index (κ2) is 3.87. The zero-order valence-corrected chi connectivity index (χ0v) is 7.64. The molecule has 0 heterocycles. The number of rotatable bonds is 3. The van der Waals surface area contributed by atoms with Crippen molar-refractivity contribution in [3.63, 3.8) is 0 Å². The molecule has 1 aromatic rings. The maximum atomic E-state index is 9.57. The van der Waals surface area contributed by atoms with Crippen LogP contribution in [0.3, 0.4) is 0 Å². The molecule has 2 atom stereocenters. The van der Waals surface area contributed by atoms with Crippen LogP contribution in [0.2, 0.25) is 0 Å².